The fraction of sp³-hybridized carbons (Fsp3) is 0.375. The number of carboxylic acid groups (broad SMARTS) is 1. The van der Waals surface area contributed by atoms with Gasteiger partial charge in [0.1, 0.15) is 11.4 Å². The second-order valence-corrected chi connectivity index (χ2v) is 4.54. The minimum atomic E-state index is -0.824. The number of hydrogen-bond donors (Lipinski definition) is 1. The van der Waals surface area contributed by atoms with Crippen LogP contribution in [0.4, 0.5) is 0 Å². The summed E-state index contributed by atoms with van der Waals surface area (Å²) >= 11 is 7.15. The van der Waals surface area contributed by atoms with E-state index in [4.69, 9.17) is 16.7 Å². The standard InChI is InChI=1S/C8H9ClN2O2S/c1-5(2-7(12)13)14-8-6(9)3-10-4-11-8/h3-5H,2H2,1H3,(H,12,13). The lowest BCUT2D eigenvalue weighted by molar-refractivity contribution is -0.136. The third-order valence-electron chi connectivity index (χ3n) is 1.41. The molecule has 0 bridgehead atoms. The van der Waals surface area contributed by atoms with Crippen molar-refractivity contribution in [1.29, 1.82) is 0 Å². The summed E-state index contributed by atoms with van der Waals surface area (Å²) in [5.74, 6) is -0.824. The van der Waals surface area contributed by atoms with Gasteiger partial charge in [0.25, 0.3) is 0 Å². The first-order valence-corrected chi connectivity index (χ1v) is 5.19. The zero-order chi connectivity index (χ0) is 10.6. The Kier molecular flexibility index (Phi) is 4.16. The molecule has 0 aliphatic rings. The quantitative estimate of drug-likeness (QED) is 0.636. The van der Waals surface area contributed by atoms with Crippen molar-refractivity contribution in [2.75, 3.05) is 0 Å². The molecule has 4 nitrogen and oxygen atoms in total. The lowest BCUT2D eigenvalue weighted by atomic mass is 10.3. The van der Waals surface area contributed by atoms with Gasteiger partial charge in [0.05, 0.1) is 17.6 Å². The number of rotatable bonds is 4. The van der Waals surface area contributed by atoms with Crippen molar-refractivity contribution in [2.24, 2.45) is 0 Å². The summed E-state index contributed by atoms with van der Waals surface area (Å²) in [7, 11) is 0. The molecule has 76 valence electrons. The second-order valence-electron chi connectivity index (χ2n) is 2.70. The number of hydrogen-bond acceptors (Lipinski definition) is 4. The number of nitrogens with zero attached hydrogens (tertiary/aromatic N) is 2. The molecule has 14 heavy (non-hydrogen) atoms. The van der Waals surface area contributed by atoms with Crippen LogP contribution in [0.1, 0.15) is 13.3 Å². The molecule has 0 aliphatic carbocycles. The predicted molar refractivity (Wildman–Crippen MR) is 54.6 cm³/mol. The van der Waals surface area contributed by atoms with E-state index >= 15 is 0 Å². The van der Waals surface area contributed by atoms with Gasteiger partial charge in [-0.05, 0) is 0 Å². The normalized spacial score (nSPS) is 12.4. The molecule has 1 N–H and O–H groups in total. The maximum absolute atomic E-state index is 10.4. The van der Waals surface area contributed by atoms with Crippen LogP contribution in [0.2, 0.25) is 5.02 Å². The Hall–Kier alpha value is -0.810. The molecular weight excluding hydrogens is 224 g/mol. The summed E-state index contributed by atoms with van der Waals surface area (Å²) in [5, 5.41) is 9.57. The molecule has 0 saturated carbocycles. The number of carboxylic acids is 1. The third kappa shape index (κ3) is 3.51. The van der Waals surface area contributed by atoms with Gasteiger partial charge in [0.15, 0.2) is 0 Å². The first-order valence-electron chi connectivity index (χ1n) is 3.93. The van der Waals surface area contributed by atoms with Crippen molar-refractivity contribution >= 4 is 29.3 Å². The second kappa shape index (κ2) is 5.17. The third-order valence-corrected chi connectivity index (χ3v) is 2.92. The minimum Gasteiger partial charge on any atom is -0.481 e. The van der Waals surface area contributed by atoms with E-state index in [-0.39, 0.29) is 11.7 Å². The maximum Gasteiger partial charge on any atom is 0.304 e. The van der Waals surface area contributed by atoms with E-state index in [9.17, 15) is 4.79 Å². The van der Waals surface area contributed by atoms with E-state index < -0.39 is 5.97 Å². The van der Waals surface area contributed by atoms with E-state index in [0.29, 0.717) is 10.0 Å². The molecule has 0 spiro atoms. The van der Waals surface area contributed by atoms with Gasteiger partial charge in [-0.15, -0.1) is 11.8 Å². The lowest BCUT2D eigenvalue weighted by Gasteiger charge is -2.07. The van der Waals surface area contributed by atoms with Crippen molar-refractivity contribution in [1.82, 2.24) is 9.97 Å². The highest BCUT2D eigenvalue weighted by atomic mass is 35.5. The van der Waals surface area contributed by atoms with Crippen molar-refractivity contribution < 1.29 is 9.90 Å². The van der Waals surface area contributed by atoms with Gasteiger partial charge >= 0.3 is 5.97 Å². The maximum atomic E-state index is 10.4. The number of aromatic nitrogens is 2. The highest BCUT2D eigenvalue weighted by molar-refractivity contribution is 8.00. The molecule has 0 amide bonds. The van der Waals surface area contributed by atoms with E-state index in [1.807, 2.05) is 6.92 Å². The van der Waals surface area contributed by atoms with Crippen LogP contribution in [0, 0.1) is 0 Å². The van der Waals surface area contributed by atoms with Crippen molar-refractivity contribution in [3.8, 4) is 0 Å². The van der Waals surface area contributed by atoms with Crippen molar-refractivity contribution in [3.63, 3.8) is 0 Å². The van der Waals surface area contributed by atoms with Gasteiger partial charge in [-0.25, -0.2) is 9.97 Å². The van der Waals surface area contributed by atoms with E-state index in [1.165, 1.54) is 24.3 Å². The van der Waals surface area contributed by atoms with Gasteiger partial charge in [-0.3, -0.25) is 4.79 Å². The van der Waals surface area contributed by atoms with Crippen LogP contribution < -0.4 is 0 Å². The van der Waals surface area contributed by atoms with Gasteiger partial charge < -0.3 is 5.11 Å². The average Bonchev–Trinajstić information content (AvgIpc) is 2.07. The largest absolute Gasteiger partial charge is 0.481 e. The Morgan fingerprint density at radius 3 is 3.07 bits per heavy atom. The number of halogens is 1. The van der Waals surface area contributed by atoms with Gasteiger partial charge in [0.2, 0.25) is 0 Å². The minimum absolute atomic E-state index is 0.0556. The number of aliphatic carboxylic acids is 1. The Morgan fingerprint density at radius 1 is 1.79 bits per heavy atom. The summed E-state index contributed by atoms with van der Waals surface area (Å²) in [6, 6.07) is 0. The Bertz CT molecular complexity index is 335. The Balaban J connectivity index is 2.60. The van der Waals surface area contributed by atoms with Gasteiger partial charge in [-0.2, -0.15) is 0 Å². The lowest BCUT2D eigenvalue weighted by Crippen LogP contribution is -2.05. The Morgan fingerprint density at radius 2 is 2.50 bits per heavy atom. The molecule has 0 saturated heterocycles. The molecule has 6 heteroatoms. The van der Waals surface area contributed by atoms with Crippen LogP contribution in [0.5, 0.6) is 0 Å². The smallest absolute Gasteiger partial charge is 0.304 e. The summed E-state index contributed by atoms with van der Waals surface area (Å²) in [6.45, 7) is 1.82. The van der Waals surface area contributed by atoms with Crippen LogP contribution in [0.3, 0.4) is 0 Å². The van der Waals surface area contributed by atoms with Gasteiger partial charge in [-0.1, -0.05) is 18.5 Å². The van der Waals surface area contributed by atoms with Crippen LogP contribution >= 0.6 is 23.4 Å². The molecule has 0 aromatic carbocycles. The molecule has 1 rings (SSSR count). The summed E-state index contributed by atoms with van der Waals surface area (Å²) in [6.07, 6.45) is 2.97. The van der Waals surface area contributed by atoms with Gasteiger partial charge in [0, 0.05) is 5.25 Å². The molecule has 1 unspecified atom stereocenters. The molecular formula is C8H9ClN2O2S. The topological polar surface area (TPSA) is 63.1 Å². The number of carbonyl (C=O) groups is 1. The SMILES string of the molecule is CC(CC(=O)O)Sc1ncncc1Cl. The monoisotopic (exact) mass is 232 g/mol. The molecule has 0 aliphatic heterocycles. The van der Waals surface area contributed by atoms with E-state index in [2.05, 4.69) is 9.97 Å². The highest BCUT2D eigenvalue weighted by Gasteiger charge is 2.11. The first kappa shape index (κ1) is 11.3. The molecule has 1 atom stereocenters. The first-order chi connectivity index (χ1) is 6.59. The average molecular weight is 233 g/mol. The fourth-order valence-electron chi connectivity index (χ4n) is 0.866. The molecule has 1 heterocycles. The van der Waals surface area contributed by atoms with E-state index in [0.717, 1.165) is 0 Å². The van der Waals surface area contributed by atoms with E-state index in [1.54, 1.807) is 0 Å². The van der Waals surface area contributed by atoms with Crippen LogP contribution in [0.15, 0.2) is 17.6 Å². The van der Waals surface area contributed by atoms with Crippen molar-refractivity contribution in [3.05, 3.63) is 17.5 Å². The number of thioether (sulfide) groups is 1. The fourth-order valence-corrected chi connectivity index (χ4v) is 1.99. The van der Waals surface area contributed by atoms with Crippen LogP contribution in [0.25, 0.3) is 0 Å². The molecule has 1 aromatic rings. The Labute approximate surface area is 90.7 Å². The zero-order valence-electron chi connectivity index (χ0n) is 7.48. The highest BCUT2D eigenvalue weighted by Crippen LogP contribution is 2.28. The zero-order valence-corrected chi connectivity index (χ0v) is 9.05. The van der Waals surface area contributed by atoms with Crippen molar-refractivity contribution in [2.45, 2.75) is 23.6 Å². The molecule has 0 fully saturated rings. The summed E-state index contributed by atoms with van der Waals surface area (Å²) in [4.78, 5) is 18.1. The van der Waals surface area contributed by atoms with Crippen LogP contribution in [-0.2, 0) is 4.79 Å². The predicted octanol–water partition coefficient (Wildman–Crippen LogP) is 2.09. The summed E-state index contributed by atoms with van der Waals surface area (Å²) < 4.78 is 0. The summed E-state index contributed by atoms with van der Waals surface area (Å²) in [5.41, 5.74) is 0. The molecule has 1 aromatic heterocycles. The molecule has 0 radical (unpaired) electrons. The van der Waals surface area contributed by atoms with Crippen LogP contribution in [-0.4, -0.2) is 26.3 Å².